The van der Waals surface area contributed by atoms with Crippen molar-refractivity contribution in [3.63, 3.8) is 0 Å². The molecule has 0 saturated heterocycles. The molecule has 9 heteroatoms. The van der Waals surface area contributed by atoms with Gasteiger partial charge in [-0.25, -0.2) is 9.78 Å². The molecule has 6 nitrogen and oxygen atoms in total. The Labute approximate surface area is 199 Å². The Morgan fingerprint density at radius 1 is 1.45 bits per heavy atom. The Morgan fingerprint density at radius 3 is 2.77 bits per heavy atom. The van der Waals surface area contributed by atoms with Crippen LogP contribution in [0.25, 0.3) is 10.9 Å². The van der Waals surface area contributed by atoms with Gasteiger partial charge in [-0.05, 0) is 55.9 Å². The van der Waals surface area contributed by atoms with Gasteiger partial charge in [0.2, 0.25) is 0 Å². The second kappa shape index (κ2) is 8.97. The molecular formula is C22H24BrN3O3S2. The Bertz CT molecular complexity index is 1150. The molecule has 0 atom stereocenters. The van der Waals surface area contributed by atoms with Crippen molar-refractivity contribution in [2.45, 2.75) is 38.8 Å². The summed E-state index contributed by atoms with van der Waals surface area (Å²) in [6.07, 6.45) is 2.53. The van der Waals surface area contributed by atoms with Gasteiger partial charge in [0.05, 0.1) is 39.1 Å². The zero-order chi connectivity index (χ0) is 22.3. The summed E-state index contributed by atoms with van der Waals surface area (Å²) in [6, 6.07) is 2.16. The summed E-state index contributed by atoms with van der Waals surface area (Å²) in [4.78, 5) is 20.3. The van der Waals surface area contributed by atoms with E-state index in [1.165, 1.54) is 11.3 Å². The number of thiocarbonyl (C=S) groups is 1. The molecule has 1 fully saturated rings. The van der Waals surface area contributed by atoms with Gasteiger partial charge < -0.3 is 19.3 Å². The van der Waals surface area contributed by atoms with Crippen LogP contribution < -0.4 is 0 Å². The van der Waals surface area contributed by atoms with Crippen molar-refractivity contribution in [3.05, 3.63) is 43.9 Å². The largest absolute Gasteiger partial charge is 0.506 e. The lowest BCUT2D eigenvalue weighted by atomic mass is 10.0. The van der Waals surface area contributed by atoms with Crippen LogP contribution >= 0.6 is 39.5 Å². The number of hydrogen-bond acceptors (Lipinski definition) is 7. The Hall–Kier alpha value is -1.81. The quantitative estimate of drug-likeness (QED) is 0.252. The van der Waals surface area contributed by atoms with E-state index in [0.717, 1.165) is 35.1 Å². The smallest absolute Gasteiger partial charge is 0.341 e. The lowest BCUT2D eigenvalue weighted by molar-refractivity contribution is 0.0528. The van der Waals surface area contributed by atoms with E-state index >= 15 is 0 Å². The predicted octanol–water partition coefficient (Wildman–Crippen LogP) is 5.10. The van der Waals surface area contributed by atoms with Gasteiger partial charge in [-0.2, -0.15) is 0 Å². The molecule has 2 aromatic heterocycles. The van der Waals surface area contributed by atoms with E-state index in [9.17, 15) is 9.90 Å². The molecule has 164 valence electrons. The summed E-state index contributed by atoms with van der Waals surface area (Å²) in [5.41, 5.74) is 5.41. The number of benzene rings is 1. The third kappa shape index (κ3) is 4.28. The van der Waals surface area contributed by atoms with Crippen molar-refractivity contribution in [1.29, 1.82) is 0 Å². The van der Waals surface area contributed by atoms with Gasteiger partial charge in [0.1, 0.15) is 5.75 Å². The minimum atomic E-state index is -0.413. The van der Waals surface area contributed by atoms with Crippen LogP contribution in [0.15, 0.2) is 21.4 Å². The lowest BCUT2D eigenvalue weighted by Gasteiger charge is -2.15. The van der Waals surface area contributed by atoms with E-state index in [1.54, 1.807) is 12.4 Å². The van der Waals surface area contributed by atoms with Crippen LogP contribution in [0.5, 0.6) is 5.75 Å². The molecule has 1 aliphatic carbocycles. The average molecular weight is 522 g/mol. The minimum absolute atomic E-state index is 0.136. The zero-order valence-electron chi connectivity index (χ0n) is 17.6. The second-order valence-corrected chi connectivity index (χ2v) is 10.0. The van der Waals surface area contributed by atoms with Crippen molar-refractivity contribution in [2.24, 2.45) is 0 Å². The third-order valence-electron chi connectivity index (χ3n) is 5.28. The van der Waals surface area contributed by atoms with Gasteiger partial charge in [-0.1, -0.05) is 12.2 Å². The molecule has 0 spiro atoms. The maximum absolute atomic E-state index is 13.3. The molecule has 1 N–H and O–H groups in total. The number of halogens is 1. The van der Waals surface area contributed by atoms with Crippen LogP contribution in [-0.4, -0.2) is 51.1 Å². The number of phenolic OH excluding ortho intramolecular Hbond substituents is 1. The highest BCUT2D eigenvalue weighted by Gasteiger charge is 2.36. The molecule has 0 radical (unpaired) electrons. The summed E-state index contributed by atoms with van der Waals surface area (Å²) in [7, 11) is 3.86. The van der Waals surface area contributed by atoms with E-state index in [4.69, 9.17) is 17.0 Å². The number of phenols is 1. The Morgan fingerprint density at radius 2 is 2.19 bits per heavy atom. The maximum atomic E-state index is 13.3. The van der Waals surface area contributed by atoms with Crippen molar-refractivity contribution in [2.75, 3.05) is 20.7 Å². The van der Waals surface area contributed by atoms with Crippen LogP contribution in [0.4, 0.5) is 0 Å². The summed E-state index contributed by atoms with van der Waals surface area (Å²) < 4.78 is 8.25. The fraction of sp³-hybridized carbons (Fsp3) is 0.409. The first-order chi connectivity index (χ1) is 14.8. The highest BCUT2D eigenvalue weighted by atomic mass is 79.9. The first-order valence-electron chi connectivity index (χ1n) is 10.1. The number of aromatic hydroxyl groups is 1. The number of thiazole rings is 1. The Kier molecular flexibility index (Phi) is 6.48. The standard InChI is InChI=1S/C22H24BrN3O3S2/c1-4-29-22(28)19-18-14(9-25(2)3)21(27)15(23)8-16(18)26(13-5-6-13)20(19)17(30)7-12-10-31-11-24-12/h8,10-11,13,27H,4-7,9H2,1-3H3. The fourth-order valence-corrected chi connectivity index (χ4v) is 5.30. The van der Waals surface area contributed by atoms with E-state index in [0.29, 0.717) is 33.4 Å². The number of nitrogens with zero attached hydrogens (tertiary/aromatic N) is 3. The molecule has 2 heterocycles. The van der Waals surface area contributed by atoms with E-state index in [2.05, 4.69) is 25.5 Å². The van der Waals surface area contributed by atoms with Gasteiger partial charge in [0.25, 0.3) is 0 Å². The fourth-order valence-electron chi connectivity index (χ4n) is 3.94. The molecule has 3 aromatic rings. The molecule has 0 amide bonds. The number of ether oxygens (including phenoxy) is 1. The maximum Gasteiger partial charge on any atom is 0.341 e. The van der Waals surface area contributed by atoms with Crippen LogP contribution in [0.1, 0.15) is 53.1 Å². The monoisotopic (exact) mass is 521 g/mol. The molecule has 0 unspecified atom stereocenters. The van der Waals surface area contributed by atoms with Crippen LogP contribution in [0.2, 0.25) is 0 Å². The van der Waals surface area contributed by atoms with Crippen LogP contribution in [-0.2, 0) is 17.7 Å². The highest BCUT2D eigenvalue weighted by Crippen LogP contribution is 2.46. The van der Waals surface area contributed by atoms with Gasteiger partial charge in [0, 0.05) is 40.2 Å². The number of esters is 1. The summed E-state index contributed by atoms with van der Waals surface area (Å²) in [5.74, 6) is -0.277. The van der Waals surface area contributed by atoms with E-state index < -0.39 is 5.97 Å². The highest BCUT2D eigenvalue weighted by molar-refractivity contribution is 9.10. The van der Waals surface area contributed by atoms with Crippen molar-refractivity contribution in [3.8, 4) is 5.75 Å². The summed E-state index contributed by atoms with van der Waals surface area (Å²) in [6.45, 7) is 2.53. The summed E-state index contributed by atoms with van der Waals surface area (Å²) >= 11 is 10.9. The predicted molar refractivity (Wildman–Crippen MR) is 130 cm³/mol. The molecule has 1 saturated carbocycles. The summed E-state index contributed by atoms with van der Waals surface area (Å²) in [5, 5.41) is 13.6. The number of fused-ring (bicyclic) bond motifs is 1. The average Bonchev–Trinajstić information content (AvgIpc) is 3.30. The van der Waals surface area contributed by atoms with Crippen LogP contribution in [0, 0.1) is 0 Å². The molecule has 0 aliphatic heterocycles. The first kappa shape index (κ1) is 22.4. The Balaban J connectivity index is 2.04. The van der Waals surface area contributed by atoms with Gasteiger partial charge in [0.15, 0.2) is 0 Å². The topological polar surface area (TPSA) is 67.6 Å². The normalized spacial score (nSPS) is 13.8. The van der Waals surface area contributed by atoms with Gasteiger partial charge in [-0.3, -0.25) is 0 Å². The molecule has 31 heavy (non-hydrogen) atoms. The molecular weight excluding hydrogens is 498 g/mol. The second-order valence-electron chi connectivity index (χ2n) is 7.94. The number of aromatic nitrogens is 2. The van der Waals surface area contributed by atoms with E-state index in [-0.39, 0.29) is 18.4 Å². The van der Waals surface area contributed by atoms with Gasteiger partial charge in [-0.15, -0.1) is 11.3 Å². The third-order valence-corrected chi connectivity index (χ3v) is 6.85. The van der Waals surface area contributed by atoms with Crippen molar-refractivity contribution in [1.82, 2.24) is 14.5 Å². The van der Waals surface area contributed by atoms with E-state index in [1.807, 2.05) is 30.4 Å². The number of rotatable bonds is 8. The van der Waals surface area contributed by atoms with Crippen molar-refractivity contribution < 1.29 is 14.6 Å². The van der Waals surface area contributed by atoms with Crippen molar-refractivity contribution >= 4 is 61.2 Å². The lowest BCUT2D eigenvalue weighted by Crippen LogP contribution is -2.16. The van der Waals surface area contributed by atoms with Crippen LogP contribution in [0.3, 0.4) is 0 Å². The first-order valence-corrected chi connectivity index (χ1v) is 12.3. The zero-order valence-corrected chi connectivity index (χ0v) is 20.9. The minimum Gasteiger partial charge on any atom is -0.506 e. The molecule has 4 rings (SSSR count). The number of carbonyl (C=O) groups is 1. The number of carbonyl (C=O) groups excluding carboxylic acids is 1. The number of hydrogen-bond donors (Lipinski definition) is 1. The molecule has 1 aliphatic rings. The SMILES string of the molecule is CCOC(=O)c1c(C(=S)Cc2cscn2)n(C2CC2)c2cc(Br)c(O)c(CN(C)C)c12. The molecule has 1 aromatic carbocycles. The molecule has 0 bridgehead atoms. The van der Waals surface area contributed by atoms with Gasteiger partial charge >= 0.3 is 5.97 Å².